The molecule has 10 heavy (non-hydrogen) atoms. The first-order chi connectivity index (χ1) is 4.93. The Morgan fingerprint density at radius 1 is 1.40 bits per heavy atom. The largest absolute Gasteiger partial charge is 0.179 e. The van der Waals surface area contributed by atoms with E-state index in [1.165, 1.54) is 25.7 Å². The van der Waals surface area contributed by atoms with Crippen LogP contribution in [0.4, 0.5) is 0 Å². The van der Waals surface area contributed by atoms with Gasteiger partial charge in [0.05, 0.1) is 0 Å². The van der Waals surface area contributed by atoms with Crippen molar-refractivity contribution in [3.8, 4) is 0 Å². The summed E-state index contributed by atoms with van der Waals surface area (Å²) in [6.45, 7) is 0. The molecule has 0 saturated heterocycles. The molecule has 0 saturated carbocycles. The fraction of sp³-hybridized carbons (Fsp3) is 0.556. The molecule has 56 valence electrons. The molecule has 1 aliphatic rings. The zero-order valence-corrected chi connectivity index (χ0v) is 7.11. The van der Waals surface area contributed by atoms with Crippen molar-refractivity contribution in [2.24, 2.45) is 0 Å². The zero-order chi connectivity index (χ0) is 7.23. The molecule has 0 nitrogen and oxygen atoms in total. The number of thiol groups is 1. The summed E-state index contributed by atoms with van der Waals surface area (Å²) in [7, 11) is 0. The molecule has 0 atom stereocenters. The normalized spacial score (nSPS) is 15.9. The molecule has 0 fully saturated rings. The van der Waals surface area contributed by atoms with E-state index in [-0.39, 0.29) is 0 Å². The van der Waals surface area contributed by atoms with Gasteiger partial charge < -0.3 is 0 Å². The highest BCUT2D eigenvalue weighted by Gasteiger charge is 1.97. The van der Waals surface area contributed by atoms with E-state index >= 15 is 0 Å². The molecule has 0 spiro atoms. The van der Waals surface area contributed by atoms with Crippen molar-refractivity contribution < 1.29 is 0 Å². The van der Waals surface area contributed by atoms with Crippen molar-refractivity contribution in [3.63, 3.8) is 0 Å². The summed E-state index contributed by atoms with van der Waals surface area (Å²) in [5.41, 5.74) is 1.58. The molecule has 0 bridgehead atoms. The monoisotopic (exact) mass is 154 g/mol. The molecular formula is C9H14S. The molecular weight excluding hydrogens is 140 g/mol. The Kier molecular flexibility index (Phi) is 3.66. The van der Waals surface area contributed by atoms with Crippen LogP contribution in [0.2, 0.25) is 0 Å². The molecule has 0 unspecified atom stereocenters. The smallest absolute Gasteiger partial charge is 0.00978 e. The lowest BCUT2D eigenvalue weighted by Gasteiger charge is -1.98. The average Bonchev–Trinajstić information content (AvgIpc) is 2.41. The van der Waals surface area contributed by atoms with E-state index in [0.717, 1.165) is 5.75 Å². The average molecular weight is 154 g/mol. The second kappa shape index (κ2) is 4.62. The van der Waals surface area contributed by atoms with Crippen LogP contribution < -0.4 is 0 Å². The molecule has 1 heteroatoms. The van der Waals surface area contributed by atoms with Crippen molar-refractivity contribution in [1.82, 2.24) is 0 Å². The maximum absolute atomic E-state index is 4.16. The third-order valence-corrected chi connectivity index (χ3v) is 2.07. The summed E-state index contributed by atoms with van der Waals surface area (Å²) < 4.78 is 0. The summed E-state index contributed by atoms with van der Waals surface area (Å²) in [4.78, 5) is 0. The number of hydrogen-bond donors (Lipinski definition) is 1. The highest BCUT2D eigenvalue weighted by atomic mass is 32.1. The lowest BCUT2D eigenvalue weighted by atomic mass is 10.1. The van der Waals surface area contributed by atoms with Crippen molar-refractivity contribution >= 4 is 12.6 Å². The molecule has 0 amide bonds. The maximum Gasteiger partial charge on any atom is -0.00978 e. The van der Waals surface area contributed by atoms with Gasteiger partial charge >= 0.3 is 0 Å². The van der Waals surface area contributed by atoms with Gasteiger partial charge in [-0.1, -0.05) is 23.8 Å². The van der Waals surface area contributed by atoms with E-state index in [9.17, 15) is 0 Å². The first-order valence-electron chi connectivity index (χ1n) is 3.89. The summed E-state index contributed by atoms with van der Waals surface area (Å²) >= 11 is 4.16. The van der Waals surface area contributed by atoms with Gasteiger partial charge in [0.2, 0.25) is 0 Å². The van der Waals surface area contributed by atoms with Crippen molar-refractivity contribution in [2.75, 3.05) is 5.75 Å². The van der Waals surface area contributed by atoms with Crippen LogP contribution in [0.1, 0.15) is 25.7 Å². The topological polar surface area (TPSA) is 0 Å². The first-order valence-corrected chi connectivity index (χ1v) is 4.52. The SMILES string of the molecule is SCCCCC1=CC=CC1. The number of rotatable bonds is 4. The van der Waals surface area contributed by atoms with Crippen LogP contribution in [0.5, 0.6) is 0 Å². The van der Waals surface area contributed by atoms with Crippen molar-refractivity contribution in [3.05, 3.63) is 23.8 Å². The fourth-order valence-electron chi connectivity index (χ4n) is 1.14. The third kappa shape index (κ3) is 2.61. The van der Waals surface area contributed by atoms with E-state index in [2.05, 4.69) is 30.9 Å². The fourth-order valence-corrected chi connectivity index (χ4v) is 1.36. The second-order valence-electron chi connectivity index (χ2n) is 2.64. The quantitative estimate of drug-likeness (QED) is 0.467. The Balaban J connectivity index is 2.04. The van der Waals surface area contributed by atoms with Gasteiger partial charge in [0.25, 0.3) is 0 Å². The minimum absolute atomic E-state index is 1.03. The van der Waals surface area contributed by atoms with Gasteiger partial charge in [-0.05, 0) is 31.4 Å². The van der Waals surface area contributed by atoms with Crippen LogP contribution in [0.25, 0.3) is 0 Å². The summed E-state index contributed by atoms with van der Waals surface area (Å²) in [5.74, 6) is 1.03. The van der Waals surface area contributed by atoms with E-state index in [0.29, 0.717) is 0 Å². The van der Waals surface area contributed by atoms with Gasteiger partial charge in [-0.2, -0.15) is 12.6 Å². The molecule has 0 aromatic heterocycles. The number of hydrogen-bond acceptors (Lipinski definition) is 1. The minimum atomic E-state index is 1.03. The Hall–Kier alpha value is -0.170. The molecule has 0 aromatic carbocycles. The van der Waals surface area contributed by atoms with Crippen LogP contribution in [-0.2, 0) is 0 Å². The van der Waals surface area contributed by atoms with Crippen molar-refractivity contribution in [2.45, 2.75) is 25.7 Å². The molecule has 0 radical (unpaired) electrons. The van der Waals surface area contributed by atoms with Crippen LogP contribution in [0, 0.1) is 0 Å². The summed E-state index contributed by atoms with van der Waals surface area (Å²) in [5, 5.41) is 0. The van der Waals surface area contributed by atoms with E-state index < -0.39 is 0 Å². The Bertz CT molecular complexity index is 145. The van der Waals surface area contributed by atoms with Crippen LogP contribution in [0.3, 0.4) is 0 Å². The Morgan fingerprint density at radius 3 is 2.90 bits per heavy atom. The highest BCUT2D eigenvalue weighted by molar-refractivity contribution is 7.80. The van der Waals surface area contributed by atoms with E-state index in [4.69, 9.17) is 0 Å². The Labute approximate surface area is 68.4 Å². The van der Waals surface area contributed by atoms with Crippen LogP contribution in [-0.4, -0.2) is 5.75 Å². The number of unbranched alkanes of at least 4 members (excludes halogenated alkanes) is 1. The molecule has 1 aliphatic carbocycles. The maximum atomic E-state index is 4.16. The van der Waals surface area contributed by atoms with E-state index in [1.807, 2.05) is 0 Å². The van der Waals surface area contributed by atoms with Gasteiger partial charge in [0.1, 0.15) is 0 Å². The van der Waals surface area contributed by atoms with Gasteiger partial charge in [-0.3, -0.25) is 0 Å². The van der Waals surface area contributed by atoms with Gasteiger partial charge in [0.15, 0.2) is 0 Å². The third-order valence-electron chi connectivity index (χ3n) is 1.75. The Morgan fingerprint density at radius 2 is 2.30 bits per heavy atom. The molecule has 0 N–H and O–H groups in total. The predicted molar refractivity (Wildman–Crippen MR) is 49.5 cm³/mol. The standard InChI is InChI=1S/C9H14S/c10-8-4-3-7-9-5-1-2-6-9/h1-2,5,10H,3-4,6-8H2. The number of allylic oxidation sites excluding steroid dienone is 4. The molecule has 0 aromatic rings. The summed E-state index contributed by atoms with van der Waals surface area (Å²) in [6.07, 6.45) is 11.6. The predicted octanol–water partition coefficient (Wildman–Crippen LogP) is 2.97. The molecule has 1 rings (SSSR count). The summed E-state index contributed by atoms with van der Waals surface area (Å²) in [6, 6.07) is 0. The zero-order valence-electron chi connectivity index (χ0n) is 6.21. The van der Waals surface area contributed by atoms with Crippen molar-refractivity contribution in [1.29, 1.82) is 0 Å². The van der Waals surface area contributed by atoms with Gasteiger partial charge in [-0.15, -0.1) is 0 Å². The van der Waals surface area contributed by atoms with Gasteiger partial charge in [-0.25, -0.2) is 0 Å². The minimum Gasteiger partial charge on any atom is -0.179 e. The lowest BCUT2D eigenvalue weighted by Crippen LogP contribution is -1.80. The van der Waals surface area contributed by atoms with Crippen LogP contribution >= 0.6 is 12.6 Å². The first kappa shape index (κ1) is 7.93. The molecule has 0 heterocycles. The van der Waals surface area contributed by atoms with E-state index in [1.54, 1.807) is 5.57 Å². The van der Waals surface area contributed by atoms with Crippen LogP contribution in [0.15, 0.2) is 23.8 Å². The second-order valence-corrected chi connectivity index (χ2v) is 3.09. The lowest BCUT2D eigenvalue weighted by molar-refractivity contribution is 0.787. The highest BCUT2D eigenvalue weighted by Crippen LogP contribution is 2.16. The molecule has 0 aliphatic heterocycles. The van der Waals surface area contributed by atoms with Gasteiger partial charge in [0, 0.05) is 0 Å².